The van der Waals surface area contributed by atoms with Gasteiger partial charge in [0.1, 0.15) is 6.61 Å². The fourth-order valence-electron chi connectivity index (χ4n) is 3.99. The van der Waals surface area contributed by atoms with Crippen LogP contribution in [-0.2, 0) is 28.8 Å². The van der Waals surface area contributed by atoms with Crippen LogP contribution in [0.5, 0.6) is 0 Å². The molecule has 11 heteroatoms. The van der Waals surface area contributed by atoms with Crippen molar-refractivity contribution in [2.75, 3.05) is 12.4 Å². The maximum atomic E-state index is 13.2. The molecule has 1 saturated heterocycles. The highest BCUT2D eigenvalue weighted by Gasteiger charge is 2.42. The number of ether oxygens (including phenoxy) is 3. The molecule has 1 aromatic heterocycles. The zero-order valence-electron chi connectivity index (χ0n) is 22.0. The van der Waals surface area contributed by atoms with Crippen molar-refractivity contribution < 1.29 is 27.4 Å². The van der Waals surface area contributed by atoms with Gasteiger partial charge in [0.2, 0.25) is 9.84 Å². The number of esters is 1. The Morgan fingerprint density at radius 2 is 1.86 bits per heavy atom. The van der Waals surface area contributed by atoms with Crippen molar-refractivity contribution in [3.8, 4) is 5.69 Å². The highest BCUT2D eigenvalue weighted by molar-refractivity contribution is 7.91. The van der Waals surface area contributed by atoms with Crippen LogP contribution in [-0.4, -0.2) is 64.9 Å². The van der Waals surface area contributed by atoms with E-state index in [0.717, 1.165) is 5.57 Å². The number of nitrogens with zero attached hydrogens (tertiary/aromatic N) is 4. The molecule has 2 unspecified atom stereocenters. The summed E-state index contributed by atoms with van der Waals surface area (Å²) in [7, 11) is -3.80. The fraction of sp³-hybridized carbons (Fsp3) is 0.600. The fourth-order valence-corrected chi connectivity index (χ4v) is 5.28. The van der Waals surface area contributed by atoms with E-state index in [1.165, 1.54) is 4.68 Å². The van der Waals surface area contributed by atoms with Crippen molar-refractivity contribution in [2.45, 2.75) is 78.0 Å². The number of hydrogen-bond acceptors (Lipinski definition) is 9. The SMILES string of the molecule is C/C(=C/COC(=O)C(C)(C)C)C1OC(C)(C)OC(CCS(=O)(=O)c2nnnn2-c2ccccc2)[C@@H]1C. The molecule has 1 aliphatic rings. The summed E-state index contributed by atoms with van der Waals surface area (Å²) in [5.41, 5.74) is 0.871. The van der Waals surface area contributed by atoms with Crippen LogP contribution in [0.4, 0.5) is 0 Å². The van der Waals surface area contributed by atoms with Crippen molar-refractivity contribution in [3.05, 3.63) is 42.0 Å². The molecule has 0 N–H and O–H groups in total. The van der Waals surface area contributed by atoms with Gasteiger partial charge in [-0.3, -0.25) is 4.79 Å². The summed E-state index contributed by atoms with van der Waals surface area (Å²) in [6.07, 6.45) is 1.34. The van der Waals surface area contributed by atoms with Crippen LogP contribution in [0.1, 0.15) is 54.9 Å². The number of para-hydroxylation sites is 1. The molecule has 1 fully saturated rings. The summed E-state index contributed by atoms with van der Waals surface area (Å²) >= 11 is 0. The molecule has 0 aliphatic carbocycles. The van der Waals surface area contributed by atoms with E-state index in [-0.39, 0.29) is 41.9 Å². The van der Waals surface area contributed by atoms with Gasteiger partial charge in [0.25, 0.3) is 5.16 Å². The first-order valence-electron chi connectivity index (χ1n) is 12.0. The first-order valence-corrected chi connectivity index (χ1v) is 13.6. The van der Waals surface area contributed by atoms with Gasteiger partial charge in [-0.15, -0.1) is 0 Å². The van der Waals surface area contributed by atoms with Crippen LogP contribution < -0.4 is 0 Å². The summed E-state index contributed by atoms with van der Waals surface area (Å²) in [6.45, 7) is 13.0. The van der Waals surface area contributed by atoms with Gasteiger partial charge in [0.05, 0.1) is 29.1 Å². The van der Waals surface area contributed by atoms with Crippen molar-refractivity contribution in [3.63, 3.8) is 0 Å². The van der Waals surface area contributed by atoms with E-state index in [4.69, 9.17) is 14.2 Å². The Morgan fingerprint density at radius 3 is 2.50 bits per heavy atom. The second kappa shape index (κ2) is 10.8. The van der Waals surface area contributed by atoms with E-state index in [2.05, 4.69) is 15.5 Å². The molecule has 1 aromatic carbocycles. The standard InChI is InChI=1S/C25H36N4O6S/c1-17(13-15-33-22(30)24(3,4)5)21-18(2)20(34-25(6,7)35-21)14-16-36(31,32)23-26-27-28-29(23)19-11-9-8-10-12-19/h8-13,18,20-21H,14-16H2,1-7H3/b17-13-/t18-,20?,21?/m0/s1. The molecule has 0 radical (unpaired) electrons. The Bertz CT molecular complexity index is 1180. The van der Waals surface area contributed by atoms with Crippen molar-refractivity contribution in [2.24, 2.45) is 11.3 Å². The Balaban J connectivity index is 1.71. The lowest BCUT2D eigenvalue weighted by molar-refractivity contribution is -0.311. The zero-order valence-corrected chi connectivity index (χ0v) is 22.8. The van der Waals surface area contributed by atoms with Crippen molar-refractivity contribution in [1.82, 2.24) is 20.2 Å². The highest BCUT2D eigenvalue weighted by atomic mass is 32.2. The molecule has 36 heavy (non-hydrogen) atoms. The molecular formula is C25H36N4O6S. The average Bonchev–Trinajstić information content (AvgIpc) is 3.30. The second-order valence-electron chi connectivity index (χ2n) is 10.6. The van der Waals surface area contributed by atoms with E-state index in [1.807, 2.05) is 26.0 Å². The van der Waals surface area contributed by atoms with Crippen LogP contribution >= 0.6 is 0 Å². The molecule has 2 aromatic rings. The van der Waals surface area contributed by atoms with E-state index >= 15 is 0 Å². The lowest BCUT2D eigenvalue weighted by Gasteiger charge is -2.45. The Kier molecular flexibility index (Phi) is 8.37. The first-order chi connectivity index (χ1) is 16.7. The van der Waals surface area contributed by atoms with E-state index in [9.17, 15) is 13.2 Å². The predicted molar refractivity (Wildman–Crippen MR) is 133 cm³/mol. The predicted octanol–water partition coefficient (Wildman–Crippen LogP) is 3.52. The Morgan fingerprint density at radius 1 is 1.19 bits per heavy atom. The number of carbonyl (C=O) groups excluding carboxylic acids is 1. The van der Waals surface area contributed by atoms with Crippen LogP contribution in [0.25, 0.3) is 5.69 Å². The maximum absolute atomic E-state index is 13.2. The average molecular weight is 521 g/mol. The lowest BCUT2D eigenvalue weighted by atomic mass is 9.89. The van der Waals surface area contributed by atoms with Gasteiger partial charge in [0.15, 0.2) is 5.79 Å². The highest BCUT2D eigenvalue weighted by Crippen LogP contribution is 2.36. The Labute approximate surface area is 212 Å². The zero-order chi connectivity index (χ0) is 26.7. The van der Waals surface area contributed by atoms with E-state index in [1.54, 1.807) is 58.9 Å². The van der Waals surface area contributed by atoms with Gasteiger partial charge in [-0.25, -0.2) is 8.42 Å². The second-order valence-corrected chi connectivity index (χ2v) is 12.6. The van der Waals surface area contributed by atoms with Crippen molar-refractivity contribution >= 4 is 15.8 Å². The van der Waals surface area contributed by atoms with Gasteiger partial charge in [0, 0.05) is 5.92 Å². The lowest BCUT2D eigenvalue weighted by Crippen LogP contribution is -2.51. The van der Waals surface area contributed by atoms with Gasteiger partial charge >= 0.3 is 5.97 Å². The topological polar surface area (TPSA) is 122 Å². The summed E-state index contributed by atoms with van der Waals surface area (Å²) in [5.74, 6) is -1.54. The van der Waals surface area contributed by atoms with E-state index < -0.39 is 27.1 Å². The summed E-state index contributed by atoms with van der Waals surface area (Å²) in [4.78, 5) is 12.1. The van der Waals surface area contributed by atoms with Gasteiger partial charge in [-0.2, -0.15) is 4.68 Å². The first kappa shape index (κ1) is 27.9. The van der Waals surface area contributed by atoms with Crippen LogP contribution in [0, 0.1) is 11.3 Å². The summed E-state index contributed by atoms with van der Waals surface area (Å²) in [5, 5.41) is 11.0. The minimum absolute atomic E-state index is 0.136. The van der Waals surface area contributed by atoms with Crippen LogP contribution in [0.2, 0.25) is 0 Å². The quantitative estimate of drug-likeness (QED) is 0.380. The van der Waals surface area contributed by atoms with Gasteiger partial charge in [-0.05, 0) is 82.2 Å². The summed E-state index contributed by atoms with van der Waals surface area (Å²) < 4.78 is 45.3. The van der Waals surface area contributed by atoms with Gasteiger partial charge in [-0.1, -0.05) is 30.2 Å². The van der Waals surface area contributed by atoms with Crippen molar-refractivity contribution in [1.29, 1.82) is 0 Å². The number of carbonyl (C=O) groups is 1. The summed E-state index contributed by atoms with van der Waals surface area (Å²) in [6, 6.07) is 8.87. The Hall–Kier alpha value is -2.63. The molecule has 10 nitrogen and oxygen atoms in total. The third-order valence-corrected chi connectivity index (χ3v) is 7.57. The minimum atomic E-state index is -3.80. The molecule has 0 bridgehead atoms. The number of tetrazole rings is 1. The minimum Gasteiger partial charge on any atom is -0.461 e. The van der Waals surface area contributed by atoms with Crippen LogP contribution in [0.15, 0.2) is 47.1 Å². The monoisotopic (exact) mass is 520 g/mol. The number of hydrogen-bond donors (Lipinski definition) is 0. The van der Waals surface area contributed by atoms with Gasteiger partial charge < -0.3 is 14.2 Å². The molecular weight excluding hydrogens is 484 g/mol. The molecule has 198 valence electrons. The molecule has 0 amide bonds. The molecule has 3 atom stereocenters. The smallest absolute Gasteiger partial charge is 0.311 e. The number of sulfone groups is 1. The number of rotatable bonds is 8. The maximum Gasteiger partial charge on any atom is 0.311 e. The van der Waals surface area contributed by atoms with Crippen LogP contribution in [0.3, 0.4) is 0 Å². The van der Waals surface area contributed by atoms with E-state index in [0.29, 0.717) is 5.69 Å². The molecule has 3 rings (SSSR count). The molecule has 0 spiro atoms. The molecule has 0 saturated carbocycles. The molecule has 2 heterocycles. The number of aromatic nitrogens is 4. The normalized spacial score (nSPS) is 22.9. The molecule has 1 aliphatic heterocycles. The third-order valence-electron chi connectivity index (χ3n) is 5.98. The third kappa shape index (κ3) is 6.77. The largest absolute Gasteiger partial charge is 0.461 e. The number of benzene rings is 1.